The molecule has 0 saturated carbocycles. The van der Waals surface area contributed by atoms with E-state index in [4.69, 9.17) is 23.2 Å². The van der Waals surface area contributed by atoms with E-state index in [0.717, 1.165) is 5.56 Å². The van der Waals surface area contributed by atoms with E-state index in [1.54, 1.807) is 36.4 Å². The Morgan fingerprint density at radius 1 is 0.973 bits per heavy atom. The van der Waals surface area contributed by atoms with Crippen LogP contribution in [0.2, 0.25) is 10.0 Å². The molecule has 0 heterocycles. The third kappa shape index (κ3) is 8.03. The number of benzene rings is 3. The van der Waals surface area contributed by atoms with Crippen molar-refractivity contribution in [2.45, 2.75) is 51.7 Å². The molecule has 0 bridgehead atoms. The van der Waals surface area contributed by atoms with Crippen LogP contribution in [0.15, 0.2) is 72.8 Å². The van der Waals surface area contributed by atoms with E-state index < -0.39 is 22.4 Å². The number of rotatable bonds is 9. The fraction of sp³-hybridized carbons (Fsp3) is 0.286. The van der Waals surface area contributed by atoms with Crippen LogP contribution >= 0.6 is 23.2 Å². The molecule has 1 N–H and O–H groups in total. The van der Waals surface area contributed by atoms with Crippen LogP contribution in [0, 0.1) is 10.1 Å². The number of carbonyl (C=O) groups is 2. The van der Waals surface area contributed by atoms with Crippen LogP contribution in [0.3, 0.4) is 0 Å². The highest BCUT2D eigenvalue weighted by Gasteiger charge is 2.33. The second-order valence-electron chi connectivity index (χ2n) is 9.76. The third-order valence-electron chi connectivity index (χ3n) is 5.66. The molecule has 3 aromatic carbocycles. The molecule has 3 aromatic rings. The number of nitro groups is 1. The van der Waals surface area contributed by atoms with Crippen molar-refractivity contribution in [1.29, 1.82) is 0 Å². The summed E-state index contributed by atoms with van der Waals surface area (Å²) in [6.45, 7) is 5.60. The summed E-state index contributed by atoms with van der Waals surface area (Å²) in [5, 5.41) is 15.3. The lowest BCUT2D eigenvalue weighted by atomic mass is 9.99. The van der Waals surface area contributed by atoms with E-state index in [1.807, 2.05) is 51.1 Å². The summed E-state index contributed by atoms with van der Waals surface area (Å²) < 4.78 is 0. The van der Waals surface area contributed by atoms with Crippen LogP contribution in [0.4, 0.5) is 5.69 Å². The van der Waals surface area contributed by atoms with Crippen LogP contribution in [-0.4, -0.2) is 33.2 Å². The van der Waals surface area contributed by atoms with Gasteiger partial charge in [0.1, 0.15) is 6.04 Å². The molecule has 2 amide bonds. The Labute approximate surface area is 226 Å². The highest BCUT2D eigenvalue weighted by Crippen LogP contribution is 2.26. The Balaban J connectivity index is 2.06. The van der Waals surface area contributed by atoms with E-state index in [0.29, 0.717) is 15.6 Å². The van der Waals surface area contributed by atoms with E-state index >= 15 is 0 Å². The van der Waals surface area contributed by atoms with E-state index in [1.165, 1.54) is 11.0 Å². The minimum absolute atomic E-state index is 0.0184. The maximum absolute atomic E-state index is 13.8. The van der Waals surface area contributed by atoms with Gasteiger partial charge in [-0.15, -0.1) is 0 Å². The van der Waals surface area contributed by atoms with Crippen molar-refractivity contribution in [3.8, 4) is 0 Å². The van der Waals surface area contributed by atoms with Gasteiger partial charge in [0.2, 0.25) is 11.8 Å². The molecule has 0 radical (unpaired) electrons. The Morgan fingerprint density at radius 2 is 1.62 bits per heavy atom. The molecule has 3 rings (SSSR count). The molecule has 0 unspecified atom stereocenters. The number of amides is 2. The van der Waals surface area contributed by atoms with Gasteiger partial charge < -0.3 is 10.2 Å². The number of hydrogen-bond donors (Lipinski definition) is 1. The average Bonchev–Trinajstić information content (AvgIpc) is 2.82. The van der Waals surface area contributed by atoms with E-state index in [9.17, 15) is 19.7 Å². The van der Waals surface area contributed by atoms with Gasteiger partial charge in [-0.05, 0) is 44.0 Å². The van der Waals surface area contributed by atoms with E-state index in [-0.39, 0.29) is 36.5 Å². The van der Waals surface area contributed by atoms with Crippen molar-refractivity contribution in [2.75, 3.05) is 0 Å². The number of hydrogen-bond acceptors (Lipinski definition) is 4. The van der Waals surface area contributed by atoms with Crippen molar-refractivity contribution in [1.82, 2.24) is 10.2 Å². The maximum Gasteiger partial charge on any atom is 0.273 e. The maximum atomic E-state index is 13.8. The second-order valence-corrected chi connectivity index (χ2v) is 10.6. The quantitative estimate of drug-likeness (QED) is 0.265. The van der Waals surface area contributed by atoms with Gasteiger partial charge in [-0.2, -0.15) is 0 Å². The van der Waals surface area contributed by atoms with Crippen molar-refractivity contribution < 1.29 is 14.5 Å². The van der Waals surface area contributed by atoms with Gasteiger partial charge in [-0.25, -0.2) is 0 Å². The average molecular weight is 542 g/mol. The molecule has 1 atom stereocenters. The minimum atomic E-state index is -0.899. The number of nitrogens with one attached hydrogen (secondary N) is 1. The molecule has 0 aromatic heterocycles. The molecule has 0 aliphatic rings. The van der Waals surface area contributed by atoms with Crippen molar-refractivity contribution in [2.24, 2.45) is 0 Å². The largest absolute Gasteiger partial charge is 0.350 e. The summed E-state index contributed by atoms with van der Waals surface area (Å²) in [4.78, 5) is 39.9. The standard InChI is InChI=1S/C28H29Cl2N3O4/c1-28(2,3)31-27(35)25(15-19-9-5-4-6-10-19)32(18-21-13-14-22(29)17-23(21)30)26(34)16-20-11-7-8-12-24(20)33(36)37/h4-14,17,25H,15-16,18H2,1-3H3,(H,31,35)/t25-/m1/s1. The smallest absolute Gasteiger partial charge is 0.273 e. The number of nitrogens with zero attached hydrogens (tertiary/aromatic N) is 2. The molecule has 0 spiro atoms. The first-order valence-electron chi connectivity index (χ1n) is 11.8. The van der Waals surface area contributed by atoms with Crippen LogP contribution in [0.25, 0.3) is 0 Å². The molecule has 9 heteroatoms. The first-order chi connectivity index (χ1) is 17.4. The zero-order chi connectivity index (χ0) is 27.2. The van der Waals surface area contributed by atoms with Gasteiger partial charge in [0.05, 0.1) is 11.3 Å². The molecule has 194 valence electrons. The highest BCUT2D eigenvalue weighted by molar-refractivity contribution is 6.35. The van der Waals surface area contributed by atoms with Gasteiger partial charge in [0.25, 0.3) is 5.69 Å². The predicted octanol–water partition coefficient (Wildman–Crippen LogP) is 6.00. The summed E-state index contributed by atoms with van der Waals surface area (Å²) >= 11 is 12.5. The van der Waals surface area contributed by atoms with Gasteiger partial charge in [0, 0.05) is 40.2 Å². The summed E-state index contributed by atoms with van der Waals surface area (Å²) in [5.41, 5.74) is 1.03. The Morgan fingerprint density at radius 3 is 2.24 bits per heavy atom. The van der Waals surface area contributed by atoms with Crippen LogP contribution in [-0.2, 0) is 29.0 Å². The van der Waals surface area contributed by atoms with Gasteiger partial charge in [-0.3, -0.25) is 19.7 Å². The van der Waals surface area contributed by atoms with Gasteiger partial charge in [-0.1, -0.05) is 77.8 Å². The summed E-state index contributed by atoms with van der Waals surface area (Å²) in [5.74, 6) is -0.775. The molecule has 0 fully saturated rings. The molecular weight excluding hydrogens is 513 g/mol. The zero-order valence-corrected chi connectivity index (χ0v) is 22.4. The summed E-state index contributed by atoms with van der Waals surface area (Å²) in [6.07, 6.45) is -0.00691. The van der Waals surface area contributed by atoms with Crippen molar-refractivity contribution >= 4 is 40.7 Å². The number of para-hydroxylation sites is 1. The normalized spacial score (nSPS) is 12.0. The number of halogens is 2. The molecule has 0 aliphatic heterocycles. The fourth-order valence-electron chi connectivity index (χ4n) is 3.94. The minimum Gasteiger partial charge on any atom is -0.350 e. The molecule has 7 nitrogen and oxygen atoms in total. The summed E-state index contributed by atoms with van der Waals surface area (Å²) in [7, 11) is 0. The lowest BCUT2D eigenvalue weighted by Crippen LogP contribution is -2.54. The third-order valence-corrected chi connectivity index (χ3v) is 6.24. The monoisotopic (exact) mass is 541 g/mol. The van der Waals surface area contributed by atoms with E-state index in [2.05, 4.69) is 5.32 Å². The van der Waals surface area contributed by atoms with Crippen LogP contribution < -0.4 is 5.32 Å². The zero-order valence-electron chi connectivity index (χ0n) is 20.9. The first-order valence-corrected chi connectivity index (χ1v) is 12.5. The lowest BCUT2D eigenvalue weighted by molar-refractivity contribution is -0.385. The Hall–Kier alpha value is -3.42. The van der Waals surface area contributed by atoms with Crippen molar-refractivity contribution in [3.05, 3.63) is 110 Å². The van der Waals surface area contributed by atoms with Crippen LogP contribution in [0.1, 0.15) is 37.5 Å². The molecule has 0 aliphatic carbocycles. The highest BCUT2D eigenvalue weighted by atomic mass is 35.5. The second kappa shape index (κ2) is 12.2. The SMILES string of the molecule is CC(C)(C)NC(=O)[C@@H](Cc1ccccc1)N(Cc1ccc(Cl)cc1Cl)C(=O)Cc1ccccc1[N+](=O)[O-]. The Bertz CT molecular complexity index is 1280. The van der Waals surface area contributed by atoms with Crippen molar-refractivity contribution in [3.63, 3.8) is 0 Å². The van der Waals surface area contributed by atoms with Gasteiger partial charge in [0.15, 0.2) is 0 Å². The van der Waals surface area contributed by atoms with Gasteiger partial charge >= 0.3 is 0 Å². The predicted molar refractivity (Wildman–Crippen MR) is 146 cm³/mol. The number of carbonyl (C=O) groups excluding carboxylic acids is 2. The molecular formula is C28H29Cl2N3O4. The number of nitro benzene ring substituents is 1. The first kappa shape index (κ1) is 28.2. The molecule has 37 heavy (non-hydrogen) atoms. The lowest BCUT2D eigenvalue weighted by Gasteiger charge is -2.34. The summed E-state index contributed by atoms with van der Waals surface area (Å²) in [6, 6.07) is 19.5. The molecule has 0 saturated heterocycles. The fourth-order valence-corrected chi connectivity index (χ4v) is 4.41. The van der Waals surface area contributed by atoms with Crippen LogP contribution in [0.5, 0.6) is 0 Å². The Kier molecular flexibility index (Phi) is 9.29. The topological polar surface area (TPSA) is 92.6 Å².